The Labute approximate surface area is 79.4 Å². The second kappa shape index (κ2) is 5.21. The van der Waals surface area contributed by atoms with E-state index < -0.39 is 5.31 Å². The van der Waals surface area contributed by atoms with Crippen LogP contribution < -0.4 is 0 Å². The fourth-order valence-electron chi connectivity index (χ4n) is 0.514. The molecule has 0 unspecified atom stereocenters. The van der Waals surface area contributed by atoms with Crippen molar-refractivity contribution < 1.29 is 0 Å². The summed E-state index contributed by atoms with van der Waals surface area (Å²) in [6.07, 6.45) is 1.22. The summed E-state index contributed by atoms with van der Waals surface area (Å²) in [5.41, 5.74) is 0. The molecule has 0 aliphatic carbocycles. The zero-order chi connectivity index (χ0) is 7.33. The second-order valence-corrected chi connectivity index (χ2v) is 17.7. The molecule has 0 aliphatic rings. The lowest BCUT2D eigenvalue weighted by Gasteiger charge is -2.13. The average molecular weight is 292 g/mol. The smallest absolute Gasteiger partial charge is 0.179 e. The summed E-state index contributed by atoms with van der Waals surface area (Å²) in [5.74, 6) is 1.01. The quantitative estimate of drug-likeness (QED) is 0.457. The second-order valence-electron chi connectivity index (χ2n) is 2.04. The van der Waals surface area contributed by atoms with Gasteiger partial charge in [-0.1, -0.05) is 6.92 Å². The van der Waals surface area contributed by atoms with Crippen LogP contribution in [0.4, 0.5) is 0 Å². The van der Waals surface area contributed by atoms with Crippen LogP contribution in [0.2, 0.25) is 12.1 Å². The van der Waals surface area contributed by atoms with Crippen molar-refractivity contribution in [3.63, 3.8) is 0 Å². The molecular formula is C5H12Br2SSi. The van der Waals surface area contributed by atoms with Crippen LogP contribution in [0.5, 0.6) is 0 Å². The van der Waals surface area contributed by atoms with Crippen LogP contribution in [0.15, 0.2) is 0 Å². The van der Waals surface area contributed by atoms with Gasteiger partial charge < -0.3 is 0 Å². The molecule has 0 nitrogen and oxygen atoms in total. The molecule has 0 saturated carbocycles. The third-order valence-corrected chi connectivity index (χ3v) is 9.40. The third kappa shape index (κ3) is 5.95. The highest BCUT2D eigenvalue weighted by atomic mass is 79.9. The normalized spacial score (nSPS) is 12.0. The van der Waals surface area contributed by atoms with Crippen molar-refractivity contribution >= 4 is 48.5 Å². The van der Waals surface area contributed by atoms with Gasteiger partial charge in [0.2, 0.25) is 5.31 Å². The Hall–Kier alpha value is 1.53. The maximum atomic E-state index is 4.15. The van der Waals surface area contributed by atoms with Gasteiger partial charge in [0.15, 0.2) is 0 Å². The highest BCUT2D eigenvalue weighted by molar-refractivity contribution is 9.51. The highest BCUT2D eigenvalue weighted by Crippen LogP contribution is 2.30. The predicted octanol–water partition coefficient (Wildman–Crippen LogP) is 3.56. The first-order valence-corrected chi connectivity index (χ1v) is 10.7. The number of hydrogen-bond donors (Lipinski definition) is 1. The molecule has 0 aromatic carbocycles. The van der Waals surface area contributed by atoms with E-state index in [9.17, 15) is 0 Å². The van der Waals surface area contributed by atoms with E-state index in [1.54, 1.807) is 0 Å². The van der Waals surface area contributed by atoms with E-state index in [4.69, 9.17) is 0 Å². The number of thiol groups is 1. The Bertz CT molecular complexity index is 77.4. The highest BCUT2D eigenvalue weighted by Gasteiger charge is 2.22. The lowest BCUT2D eigenvalue weighted by atomic mass is 10.6. The van der Waals surface area contributed by atoms with Crippen molar-refractivity contribution in [2.75, 3.05) is 5.75 Å². The Morgan fingerprint density at radius 2 is 2.00 bits per heavy atom. The van der Waals surface area contributed by atoms with E-state index in [0.29, 0.717) is 0 Å². The number of halogens is 2. The van der Waals surface area contributed by atoms with Crippen LogP contribution in [-0.4, -0.2) is 11.1 Å². The Balaban J connectivity index is 3.33. The van der Waals surface area contributed by atoms with Crippen LogP contribution in [0.3, 0.4) is 0 Å². The summed E-state index contributed by atoms with van der Waals surface area (Å²) in [7, 11) is 0. The average Bonchev–Trinajstić information content (AvgIpc) is 1.84. The van der Waals surface area contributed by atoms with Crippen molar-refractivity contribution in [2.24, 2.45) is 0 Å². The molecule has 0 aliphatic heterocycles. The lowest BCUT2D eigenvalue weighted by Crippen LogP contribution is -2.14. The zero-order valence-electron chi connectivity index (χ0n) is 5.53. The lowest BCUT2D eigenvalue weighted by molar-refractivity contribution is 1.08. The molecule has 0 amide bonds. The molecule has 0 heterocycles. The minimum absolute atomic E-state index is 1.01. The van der Waals surface area contributed by atoms with Gasteiger partial charge in [-0.15, -0.1) is 30.6 Å². The summed E-state index contributed by atoms with van der Waals surface area (Å²) in [5, 5.41) is -1.12. The summed E-state index contributed by atoms with van der Waals surface area (Å²) in [6, 6.07) is 2.54. The van der Waals surface area contributed by atoms with Gasteiger partial charge in [0.1, 0.15) is 0 Å². The Morgan fingerprint density at radius 3 is 2.33 bits per heavy atom. The molecule has 0 aromatic heterocycles. The summed E-state index contributed by atoms with van der Waals surface area (Å²) < 4.78 is 0. The van der Waals surface area contributed by atoms with Gasteiger partial charge in [-0.25, -0.2) is 0 Å². The fourth-order valence-corrected chi connectivity index (χ4v) is 3.70. The molecule has 0 rings (SSSR count). The molecule has 0 aromatic rings. The first-order chi connectivity index (χ1) is 4.12. The van der Waals surface area contributed by atoms with Crippen molar-refractivity contribution in [2.45, 2.75) is 25.4 Å². The largest absolute Gasteiger partial charge is 0.200 e. The van der Waals surface area contributed by atoms with Gasteiger partial charge in [0.25, 0.3) is 0 Å². The maximum Gasteiger partial charge on any atom is 0.200 e. The van der Waals surface area contributed by atoms with Crippen molar-refractivity contribution in [1.29, 1.82) is 0 Å². The molecule has 0 bridgehead atoms. The van der Waals surface area contributed by atoms with Crippen LogP contribution >= 0.6 is 43.2 Å². The van der Waals surface area contributed by atoms with Crippen LogP contribution in [0.1, 0.15) is 13.3 Å². The van der Waals surface area contributed by atoms with E-state index in [1.165, 1.54) is 18.5 Å². The van der Waals surface area contributed by atoms with Crippen molar-refractivity contribution in [1.82, 2.24) is 0 Å². The molecule has 0 atom stereocenters. The first kappa shape index (κ1) is 10.5. The van der Waals surface area contributed by atoms with Gasteiger partial charge in [-0.2, -0.15) is 12.6 Å². The van der Waals surface area contributed by atoms with Crippen molar-refractivity contribution in [3.05, 3.63) is 0 Å². The number of hydrogen-bond acceptors (Lipinski definition) is 1. The SMILES string of the molecule is CC[Si](Br)(Br)CCCS. The molecular weight excluding hydrogens is 280 g/mol. The summed E-state index contributed by atoms with van der Waals surface area (Å²) in [6.45, 7) is 2.22. The Morgan fingerprint density at radius 1 is 1.44 bits per heavy atom. The fraction of sp³-hybridized carbons (Fsp3) is 1.00. The topological polar surface area (TPSA) is 0 Å². The predicted molar refractivity (Wildman–Crippen MR) is 57.4 cm³/mol. The minimum atomic E-state index is -1.12. The van der Waals surface area contributed by atoms with Crippen LogP contribution in [0, 0.1) is 0 Å². The molecule has 0 saturated heterocycles. The molecule has 4 heteroatoms. The molecule has 0 radical (unpaired) electrons. The van der Waals surface area contributed by atoms with E-state index >= 15 is 0 Å². The van der Waals surface area contributed by atoms with Gasteiger partial charge in [-0.05, 0) is 24.3 Å². The number of rotatable bonds is 4. The van der Waals surface area contributed by atoms with Gasteiger partial charge in [0, 0.05) is 0 Å². The molecule has 9 heavy (non-hydrogen) atoms. The first-order valence-electron chi connectivity index (χ1n) is 3.11. The molecule has 0 fully saturated rings. The summed E-state index contributed by atoms with van der Waals surface area (Å²) >= 11 is 11.6. The van der Waals surface area contributed by atoms with E-state index in [2.05, 4.69) is 50.1 Å². The van der Waals surface area contributed by atoms with Crippen LogP contribution in [-0.2, 0) is 0 Å². The molecule has 0 spiro atoms. The molecule has 0 N–H and O–H groups in total. The van der Waals surface area contributed by atoms with Crippen LogP contribution in [0.25, 0.3) is 0 Å². The Kier molecular flexibility index (Phi) is 6.10. The van der Waals surface area contributed by atoms with E-state index in [-0.39, 0.29) is 0 Å². The van der Waals surface area contributed by atoms with E-state index in [0.717, 1.165) is 5.75 Å². The minimum Gasteiger partial charge on any atom is -0.179 e. The van der Waals surface area contributed by atoms with Crippen molar-refractivity contribution in [3.8, 4) is 0 Å². The third-order valence-electron chi connectivity index (χ3n) is 1.22. The monoisotopic (exact) mass is 290 g/mol. The zero-order valence-corrected chi connectivity index (χ0v) is 10.6. The van der Waals surface area contributed by atoms with Gasteiger partial charge in [-0.3, -0.25) is 0 Å². The van der Waals surface area contributed by atoms with Gasteiger partial charge in [0.05, 0.1) is 0 Å². The summed E-state index contributed by atoms with van der Waals surface area (Å²) in [4.78, 5) is 0. The van der Waals surface area contributed by atoms with E-state index in [1.807, 2.05) is 0 Å². The van der Waals surface area contributed by atoms with Gasteiger partial charge >= 0.3 is 0 Å². The molecule has 56 valence electrons. The standard InChI is InChI=1S/C5H12Br2SSi/c1-2-9(6,7)5-3-4-8/h8H,2-5H2,1H3. The maximum absolute atomic E-state index is 4.15.